The Kier molecular flexibility index (Phi) is 11.3. The minimum absolute atomic E-state index is 0.00382. The van der Waals surface area contributed by atoms with Crippen molar-refractivity contribution >= 4 is 23.7 Å². The summed E-state index contributed by atoms with van der Waals surface area (Å²) in [6.07, 6.45) is 7.74. The van der Waals surface area contributed by atoms with Crippen molar-refractivity contribution < 1.29 is 23.9 Å². The van der Waals surface area contributed by atoms with E-state index in [2.05, 4.69) is 22.9 Å². The van der Waals surface area contributed by atoms with Gasteiger partial charge in [-0.2, -0.15) is 0 Å². The quantitative estimate of drug-likeness (QED) is 0.485. The molecule has 0 spiro atoms. The van der Waals surface area contributed by atoms with Crippen LogP contribution in [0.25, 0.3) is 0 Å². The third-order valence-electron chi connectivity index (χ3n) is 7.54. The van der Waals surface area contributed by atoms with Crippen LogP contribution in [0, 0.1) is 17.8 Å². The monoisotopic (exact) mass is 479 g/mol. The predicted octanol–water partition coefficient (Wildman–Crippen LogP) is 3.23. The van der Waals surface area contributed by atoms with E-state index in [9.17, 15) is 19.2 Å². The lowest BCUT2D eigenvalue weighted by Gasteiger charge is -2.31. The second kappa shape index (κ2) is 13.7. The summed E-state index contributed by atoms with van der Waals surface area (Å²) in [5, 5.41) is 8.51. The molecule has 1 saturated carbocycles. The van der Waals surface area contributed by atoms with Crippen molar-refractivity contribution in [1.82, 2.24) is 16.0 Å². The van der Waals surface area contributed by atoms with E-state index in [0.717, 1.165) is 51.4 Å². The molecule has 0 aromatic heterocycles. The molecule has 2 fully saturated rings. The van der Waals surface area contributed by atoms with Gasteiger partial charge in [-0.1, -0.05) is 66.2 Å². The zero-order valence-electron chi connectivity index (χ0n) is 21.7. The van der Waals surface area contributed by atoms with Crippen LogP contribution in [0.15, 0.2) is 0 Å². The maximum atomic E-state index is 13.2. The highest BCUT2D eigenvalue weighted by molar-refractivity contribution is 5.94. The maximum Gasteiger partial charge on any atom is 0.329 e. The molecular weight excluding hydrogens is 434 g/mol. The van der Waals surface area contributed by atoms with Gasteiger partial charge in [-0.15, -0.1) is 0 Å². The third kappa shape index (κ3) is 7.98. The molecule has 0 aromatic carbocycles. The predicted molar refractivity (Wildman–Crippen MR) is 131 cm³/mol. The fourth-order valence-electron chi connectivity index (χ4n) is 4.89. The van der Waals surface area contributed by atoms with Crippen LogP contribution in [0.2, 0.25) is 0 Å². The van der Waals surface area contributed by atoms with E-state index < -0.39 is 36.1 Å². The summed E-state index contributed by atoms with van der Waals surface area (Å²) >= 11 is 0. The van der Waals surface area contributed by atoms with Crippen molar-refractivity contribution in [2.24, 2.45) is 17.8 Å². The summed E-state index contributed by atoms with van der Waals surface area (Å²) in [5.74, 6) is -1.73. The number of nitrogens with one attached hydrogen (secondary N) is 3. The van der Waals surface area contributed by atoms with Gasteiger partial charge in [0.2, 0.25) is 17.7 Å². The van der Waals surface area contributed by atoms with Gasteiger partial charge in [-0.05, 0) is 43.9 Å². The molecule has 3 amide bonds. The molecule has 1 heterocycles. The number of unbranched alkanes of at least 4 members (excludes halogenated alkanes) is 1. The number of hydrogen-bond acceptors (Lipinski definition) is 5. The average Bonchev–Trinajstić information content (AvgIpc) is 2.83. The van der Waals surface area contributed by atoms with Crippen molar-refractivity contribution in [3.05, 3.63) is 0 Å². The lowest BCUT2D eigenvalue weighted by Crippen LogP contribution is -2.57. The standard InChI is InChI=1S/C26H45N3O5/c1-6-8-12-17(4)20-15-21(30)28-23(19-13-10-9-11-14-19)25(32)27-18(5)24(31)29-22(16(3)7-2)26(33)34-20/h16-20,22-23H,6-15H2,1-5H3,(H,27,32)(H,28,30)(H,29,31)/t16-,17-,18-,20-,22+,23-/m0/s1. The van der Waals surface area contributed by atoms with Gasteiger partial charge in [0.15, 0.2) is 0 Å². The largest absolute Gasteiger partial charge is 0.460 e. The van der Waals surface area contributed by atoms with Crippen molar-refractivity contribution in [2.75, 3.05) is 0 Å². The topological polar surface area (TPSA) is 114 Å². The van der Waals surface area contributed by atoms with E-state index in [4.69, 9.17) is 4.74 Å². The van der Waals surface area contributed by atoms with Gasteiger partial charge in [0.1, 0.15) is 24.2 Å². The first kappa shape index (κ1) is 28.1. The van der Waals surface area contributed by atoms with E-state index in [0.29, 0.717) is 6.42 Å². The lowest BCUT2D eigenvalue weighted by atomic mass is 9.83. The molecule has 0 bridgehead atoms. The molecule has 6 atom stereocenters. The fourth-order valence-corrected chi connectivity index (χ4v) is 4.89. The van der Waals surface area contributed by atoms with Gasteiger partial charge in [0.25, 0.3) is 0 Å². The van der Waals surface area contributed by atoms with E-state index in [1.54, 1.807) is 6.92 Å². The molecule has 34 heavy (non-hydrogen) atoms. The Labute approximate surface area is 204 Å². The lowest BCUT2D eigenvalue weighted by molar-refractivity contribution is -0.158. The number of amides is 3. The Morgan fingerprint density at radius 1 is 0.912 bits per heavy atom. The van der Waals surface area contributed by atoms with Crippen molar-refractivity contribution in [3.63, 3.8) is 0 Å². The molecule has 1 aliphatic carbocycles. The van der Waals surface area contributed by atoms with Crippen LogP contribution in [0.4, 0.5) is 0 Å². The molecule has 3 N–H and O–H groups in total. The van der Waals surface area contributed by atoms with Gasteiger partial charge < -0.3 is 20.7 Å². The van der Waals surface area contributed by atoms with Crippen LogP contribution >= 0.6 is 0 Å². The molecule has 8 heteroatoms. The molecule has 2 rings (SSSR count). The number of cyclic esters (lactones) is 1. The second-order valence-corrected chi connectivity index (χ2v) is 10.3. The first-order valence-corrected chi connectivity index (χ1v) is 13.3. The van der Waals surface area contributed by atoms with Crippen LogP contribution in [0.3, 0.4) is 0 Å². The Balaban J connectivity index is 2.36. The van der Waals surface area contributed by atoms with Crippen molar-refractivity contribution in [3.8, 4) is 0 Å². The van der Waals surface area contributed by atoms with Crippen LogP contribution in [-0.2, 0) is 23.9 Å². The fraction of sp³-hybridized carbons (Fsp3) is 0.846. The van der Waals surface area contributed by atoms with Crippen LogP contribution < -0.4 is 16.0 Å². The van der Waals surface area contributed by atoms with Crippen molar-refractivity contribution in [1.29, 1.82) is 0 Å². The van der Waals surface area contributed by atoms with E-state index >= 15 is 0 Å². The molecule has 8 nitrogen and oxygen atoms in total. The SMILES string of the molecule is CCCC[C@H](C)[C@@H]1CC(=O)N[C@@H](C2CCCCC2)C(=O)N[C@@H](C)C(=O)N[C@H]([C@@H](C)CC)C(=O)O1. The first-order valence-electron chi connectivity index (χ1n) is 13.3. The van der Waals surface area contributed by atoms with E-state index in [1.165, 1.54) is 0 Å². The molecule has 1 aliphatic heterocycles. The number of ether oxygens (including phenoxy) is 1. The molecule has 2 aliphatic rings. The van der Waals surface area contributed by atoms with Gasteiger partial charge in [-0.25, -0.2) is 4.79 Å². The highest BCUT2D eigenvalue weighted by Gasteiger charge is 2.37. The smallest absolute Gasteiger partial charge is 0.329 e. The summed E-state index contributed by atoms with van der Waals surface area (Å²) in [4.78, 5) is 52.4. The number of esters is 1. The van der Waals surface area contributed by atoms with Gasteiger partial charge in [-0.3, -0.25) is 14.4 Å². The van der Waals surface area contributed by atoms with Gasteiger partial charge >= 0.3 is 5.97 Å². The highest BCUT2D eigenvalue weighted by atomic mass is 16.5. The highest BCUT2D eigenvalue weighted by Crippen LogP contribution is 2.27. The molecule has 0 aromatic rings. The molecule has 1 saturated heterocycles. The maximum absolute atomic E-state index is 13.2. The zero-order valence-corrected chi connectivity index (χ0v) is 21.7. The van der Waals surface area contributed by atoms with Crippen molar-refractivity contribution in [2.45, 2.75) is 123 Å². The number of rotatable bonds is 7. The molecule has 0 radical (unpaired) electrons. The van der Waals surface area contributed by atoms with E-state index in [1.807, 2.05) is 20.8 Å². The summed E-state index contributed by atoms with van der Waals surface area (Å²) in [6.45, 7) is 9.51. The van der Waals surface area contributed by atoms with Crippen LogP contribution in [0.1, 0.15) is 98.8 Å². The minimum atomic E-state index is -0.838. The van der Waals surface area contributed by atoms with Crippen LogP contribution in [0.5, 0.6) is 0 Å². The Hall–Kier alpha value is -2.12. The second-order valence-electron chi connectivity index (χ2n) is 10.3. The zero-order chi connectivity index (χ0) is 25.3. The number of hydrogen-bond donors (Lipinski definition) is 3. The van der Waals surface area contributed by atoms with Gasteiger partial charge in [0, 0.05) is 0 Å². The van der Waals surface area contributed by atoms with Gasteiger partial charge in [0.05, 0.1) is 6.42 Å². The average molecular weight is 480 g/mol. The Morgan fingerprint density at radius 2 is 1.59 bits per heavy atom. The number of carbonyl (C=O) groups excluding carboxylic acids is 4. The van der Waals surface area contributed by atoms with E-state index in [-0.39, 0.29) is 36.0 Å². The molecular formula is C26H45N3O5. The first-order chi connectivity index (χ1) is 16.2. The summed E-state index contributed by atoms with van der Waals surface area (Å²) in [6, 6.07) is -2.37. The summed E-state index contributed by atoms with van der Waals surface area (Å²) < 4.78 is 5.90. The minimum Gasteiger partial charge on any atom is -0.460 e. The Bertz CT molecular complexity index is 707. The Morgan fingerprint density at radius 3 is 2.21 bits per heavy atom. The molecule has 194 valence electrons. The summed E-state index contributed by atoms with van der Waals surface area (Å²) in [7, 11) is 0. The summed E-state index contributed by atoms with van der Waals surface area (Å²) in [5.41, 5.74) is 0. The number of carbonyl (C=O) groups is 4. The van der Waals surface area contributed by atoms with Crippen LogP contribution in [-0.4, -0.2) is 47.9 Å². The molecule has 0 unspecified atom stereocenters. The normalized spacial score (nSPS) is 29.9. The third-order valence-corrected chi connectivity index (χ3v) is 7.54.